The molecule has 1 N–H and O–H groups in total. The van der Waals surface area contributed by atoms with Crippen LogP contribution in [-0.2, 0) is 17.8 Å². The highest BCUT2D eigenvalue weighted by Crippen LogP contribution is 2.15. The van der Waals surface area contributed by atoms with Gasteiger partial charge in [-0.1, -0.05) is 18.2 Å². The van der Waals surface area contributed by atoms with Crippen LogP contribution in [0.25, 0.3) is 0 Å². The Bertz CT molecular complexity index is 665. The lowest BCUT2D eigenvalue weighted by Gasteiger charge is -2.15. The van der Waals surface area contributed by atoms with Crippen LogP contribution in [0, 0.1) is 0 Å². The summed E-state index contributed by atoms with van der Waals surface area (Å²) in [7, 11) is 0. The summed E-state index contributed by atoms with van der Waals surface area (Å²) in [5.41, 5.74) is 1.73. The zero-order valence-electron chi connectivity index (χ0n) is 13.0. The summed E-state index contributed by atoms with van der Waals surface area (Å²) >= 11 is 1.70. The molecule has 3 rings (SSSR count). The molecule has 0 spiro atoms. The van der Waals surface area contributed by atoms with Crippen LogP contribution < -0.4 is 5.32 Å². The van der Waals surface area contributed by atoms with Crippen LogP contribution in [-0.4, -0.2) is 29.8 Å². The first-order chi connectivity index (χ1) is 11.2. The van der Waals surface area contributed by atoms with Gasteiger partial charge in [-0.2, -0.15) is 0 Å². The fourth-order valence-electron chi connectivity index (χ4n) is 2.71. The van der Waals surface area contributed by atoms with Crippen molar-refractivity contribution in [2.45, 2.75) is 25.8 Å². The van der Waals surface area contributed by atoms with Crippen LogP contribution >= 0.6 is 11.3 Å². The highest BCUT2D eigenvalue weighted by molar-refractivity contribution is 7.09. The van der Waals surface area contributed by atoms with Gasteiger partial charge in [-0.25, -0.2) is 0 Å². The Balaban J connectivity index is 1.49. The Morgan fingerprint density at radius 3 is 2.70 bits per heavy atom. The molecule has 5 heteroatoms. The number of thiophene rings is 1. The average Bonchev–Trinajstić information content (AvgIpc) is 3.21. The van der Waals surface area contributed by atoms with Crippen LogP contribution in [0.15, 0.2) is 41.8 Å². The van der Waals surface area contributed by atoms with E-state index in [4.69, 9.17) is 0 Å². The third kappa shape index (κ3) is 4.20. The molecule has 1 aliphatic rings. The fourth-order valence-corrected chi connectivity index (χ4v) is 3.42. The van der Waals surface area contributed by atoms with E-state index in [0.717, 1.165) is 24.9 Å². The van der Waals surface area contributed by atoms with Gasteiger partial charge in [0.1, 0.15) is 0 Å². The number of hydrogen-bond donors (Lipinski definition) is 1. The zero-order chi connectivity index (χ0) is 16.1. The first-order valence-corrected chi connectivity index (χ1v) is 8.77. The molecule has 1 aliphatic heterocycles. The van der Waals surface area contributed by atoms with Gasteiger partial charge >= 0.3 is 0 Å². The maximum Gasteiger partial charge on any atom is 0.251 e. The normalized spacial score (nSPS) is 14.3. The average molecular weight is 328 g/mol. The minimum Gasteiger partial charge on any atom is -0.352 e. The summed E-state index contributed by atoms with van der Waals surface area (Å²) in [4.78, 5) is 26.9. The predicted octanol–water partition coefficient (Wildman–Crippen LogP) is 2.84. The topological polar surface area (TPSA) is 49.4 Å². The second kappa shape index (κ2) is 7.42. The Morgan fingerprint density at radius 1 is 1.22 bits per heavy atom. The molecule has 0 unspecified atom stereocenters. The fraction of sp³-hybridized carbons (Fsp3) is 0.333. The summed E-state index contributed by atoms with van der Waals surface area (Å²) < 4.78 is 0. The highest BCUT2D eigenvalue weighted by Gasteiger charge is 2.19. The monoisotopic (exact) mass is 328 g/mol. The van der Waals surface area contributed by atoms with Crippen molar-refractivity contribution in [2.24, 2.45) is 0 Å². The van der Waals surface area contributed by atoms with Crippen molar-refractivity contribution in [3.05, 3.63) is 57.8 Å². The highest BCUT2D eigenvalue weighted by atomic mass is 32.1. The van der Waals surface area contributed by atoms with E-state index in [1.165, 1.54) is 4.88 Å². The van der Waals surface area contributed by atoms with Crippen molar-refractivity contribution in [1.29, 1.82) is 0 Å². The van der Waals surface area contributed by atoms with Gasteiger partial charge in [0.05, 0.1) is 0 Å². The van der Waals surface area contributed by atoms with Crippen molar-refractivity contribution in [2.75, 3.05) is 13.1 Å². The molecule has 2 heterocycles. The van der Waals surface area contributed by atoms with E-state index >= 15 is 0 Å². The third-order valence-corrected chi connectivity index (χ3v) is 4.93. The van der Waals surface area contributed by atoms with Gasteiger partial charge in [-0.3, -0.25) is 9.59 Å². The van der Waals surface area contributed by atoms with Crippen LogP contribution in [0.3, 0.4) is 0 Å². The molecule has 0 saturated carbocycles. The minimum absolute atomic E-state index is 0.0506. The van der Waals surface area contributed by atoms with E-state index in [0.29, 0.717) is 25.1 Å². The third-order valence-electron chi connectivity index (χ3n) is 4.00. The summed E-state index contributed by atoms with van der Waals surface area (Å²) in [5.74, 6) is 0.172. The lowest BCUT2D eigenvalue weighted by atomic mass is 10.1. The van der Waals surface area contributed by atoms with Gasteiger partial charge < -0.3 is 10.2 Å². The van der Waals surface area contributed by atoms with Gasteiger partial charge in [-0.15, -0.1) is 11.3 Å². The number of amides is 2. The second-order valence-electron chi connectivity index (χ2n) is 5.70. The second-order valence-corrected chi connectivity index (χ2v) is 6.73. The largest absolute Gasteiger partial charge is 0.352 e. The number of carbonyl (C=O) groups is 2. The lowest BCUT2D eigenvalue weighted by Crippen LogP contribution is -2.26. The van der Waals surface area contributed by atoms with Crippen molar-refractivity contribution in [3.63, 3.8) is 0 Å². The molecular formula is C18H20N2O2S. The maximum absolute atomic E-state index is 12.1. The van der Waals surface area contributed by atoms with Gasteiger partial charge in [-0.05, 0) is 42.0 Å². The van der Waals surface area contributed by atoms with Crippen LogP contribution in [0.1, 0.15) is 33.6 Å². The standard InChI is InChI=1S/C18H20N2O2S/c21-17-4-1-11-20(17)13-14-5-7-15(8-6-14)18(22)19-10-9-16-3-2-12-23-16/h2-3,5-8,12H,1,4,9-11,13H2,(H,19,22). The molecule has 0 aliphatic carbocycles. The van der Waals surface area contributed by atoms with E-state index in [2.05, 4.69) is 11.4 Å². The van der Waals surface area contributed by atoms with E-state index < -0.39 is 0 Å². The number of hydrogen-bond acceptors (Lipinski definition) is 3. The van der Waals surface area contributed by atoms with Gasteiger partial charge in [0.25, 0.3) is 5.91 Å². The smallest absolute Gasteiger partial charge is 0.251 e. The van der Waals surface area contributed by atoms with E-state index in [-0.39, 0.29) is 11.8 Å². The molecule has 0 atom stereocenters. The van der Waals surface area contributed by atoms with Gasteiger partial charge in [0.2, 0.25) is 5.91 Å². The van der Waals surface area contributed by atoms with E-state index in [1.807, 2.05) is 40.6 Å². The summed E-state index contributed by atoms with van der Waals surface area (Å²) in [5, 5.41) is 4.98. The molecule has 1 fully saturated rings. The van der Waals surface area contributed by atoms with Crippen molar-refractivity contribution in [3.8, 4) is 0 Å². The first-order valence-electron chi connectivity index (χ1n) is 7.90. The lowest BCUT2D eigenvalue weighted by molar-refractivity contribution is -0.128. The summed E-state index contributed by atoms with van der Waals surface area (Å²) in [6.07, 6.45) is 2.47. The number of nitrogens with one attached hydrogen (secondary N) is 1. The van der Waals surface area contributed by atoms with E-state index in [9.17, 15) is 9.59 Å². The van der Waals surface area contributed by atoms with Crippen molar-refractivity contribution in [1.82, 2.24) is 10.2 Å². The molecule has 4 nitrogen and oxygen atoms in total. The molecule has 2 aromatic rings. The SMILES string of the molecule is O=C(NCCc1cccs1)c1ccc(CN2CCCC2=O)cc1. The molecule has 120 valence electrons. The van der Waals surface area contributed by atoms with Crippen LogP contribution in [0.5, 0.6) is 0 Å². The number of carbonyl (C=O) groups excluding carboxylic acids is 2. The number of likely N-dealkylation sites (tertiary alicyclic amines) is 1. The summed E-state index contributed by atoms with van der Waals surface area (Å²) in [6.45, 7) is 2.12. The Hall–Kier alpha value is -2.14. The van der Waals surface area contributed by atoms with E-state index in [1.54, 1.807) is 11.3 Å². The number of nitrogens with zero attached hydrogens (tertiary/aromatic N) is 1. The zero-order valence-corrected chi connectivity index (χ0v) is 13.8. The number of benzene rings is 1. The van der Waals surface area contributed by atoms with Gasteiger partial charge in [0, 0.05) is 36.5 Å². The Labute approximate surface area is 140 Å². The Morgan fingerprint density at radius 2 is 2.04 bits per heavy atom. The molecule has 0 bridgehead atoms. The molecule has 0 radical (unpaired) electrons. The van der Waals surface area contributed by atoms with Crippen molar-refractivity contribution >= 4 is 23.2 Å². The molecule has 23 heavy (non-hydrogen) atoms. The van der Waals surface area contributed by atoms with Crippen molar-refractivity contribution < 1.29 is 9.59 Å². The van der Waals surface area contributed by atoms with Gasteiger partial charge in [0.15, 0.2) is 0 Å². The molecule has 1 saturated heterocycles. The minimum atomic E-state index is -0.0506. The molecule has 1 aromatic carbocycles. The molecule has 1 aromatic heterocycles. The Kier molecular flexibility index (Phi) is 5.08. The van der Waals surface area contributed by atoms with Crippen LogP contribution in [0.2, 0.25) is 0 Å². The molecular weight excluding hydrogens is 308 g/mol. The maximum atomic E-state index is 12.1. The first kappa shape index (κ1) is 15.7. The number of rotatable bonds is 6. The van der Waals surface area contributed by atoms with Crippen LogP contribution in [0.4, 0.5) is 0 Å². The predicted molar refractivity (Wildman–Crippen MR) is 91.4 cm³/mol. The summed E-state index contributed by atoms with van der Waals surface area (Å²) in [6, 6.07) is 11.6. The molecule has 2 amide bonds. The quantitative estimate of drug-likeness (QED) is 0.886.